The fourth-order valence-corrected chi connectivity index (χ4v) is 4.35. The zero-order valence-corrected chi connectivity index (χ0v) is 12.2. The van der Waals surface area contributed by atoms with E-state index in [4.69, 9.17) is 4.74 Å². The Morgan fingerprint density at radius 2 is 2.05 bits per heavy atom. The van der Waals surface area contributed by atoms with Crippen molar-refractivity contribution >= 4 is 15.7 Å². The third-order valence-corrected chi connectivity index (χ3v) is 5.62. The molecule has 0 aromatic rings. The zero-order valence-electron chi connectivity index (χ0n) is 11.4. The maximum Gasteiger partial charge on any atom is 0.224 e. The van der Waals surface area contributed by atoms with E-state index in [1.54, 1.807) is 0 Å². The summed E-state index contributed by atoms with van der Waals surface area (Å²) in [6.07, 6.45) is 1.14. The van der Waals surface area contributed by atoms with Crippen LogP contribution in [-0.2, 0) is 19.4 Å². The van der Waals surface area contributed by atoms with E-state index in [9.17, 15) is 13.2 Å². The largest absolute Gasteiger partial charge is 0.378 e. The highest BCUT2D eigenvalue weighted by atomic mass is 32.2. The number of amides is 1. The molecule has 110 valence electrons. The van der Waals surface area contributed by atoms with Crippen molar-refractivity contribution in [3.8, 4) is 0 Å². The Kier molecular flexibility index (Phi) is 4.81. The van der Waals surface area contributed by atoms with Crippen LogP contribution in [0.3, 0.4) is 0 Å². The minimum absolute atomic E-state index is 0.0717. The summed E-state index contributed by atoms with van der Waals surface area (Å²) >= 11 is 0. The Balaban J connectivity index is 1.74. The molecule has 0 radical (unpaired) electrons. The summed E-state index contributed by atoms with van der Waals surface area (Å²) in [7, 11) is -0.952. The quantitative estimate of drug-likeness (QED) is 0.688. The fourth-order valence-electron chi connectivity index (χ4n) is 2.55. The molecular weight excluding hydrogens is 268 g/mol. The number of carbonyl (C=O) groups is 1. The molecule has 0 spiro atoms. The number of carbonyl (C=O) groups excluding carboxylic acids is 1. The lowest BCUT2D eigenvalue weighted by atomic mass is 10.2. The summed E-state index contributed by atoms with van der Waals surface area (Å²) in [6, 6.07) is 0.0717. The molecule has 1 atom stereocenters. The lowest BCUT2D eigenvalue weighted by Gasteiger charge is -2.28. The van der Waals surface area contributed by atoms with Gasteiger partial charge in [-0.2, -0.15) is 0 Å². The minimum Gasteiger partial charge on any atom is -0.378 e. The second-order valence-corrected chi connectivity index (χ2v) is 7.51. The van der Waals surface area contributed by atoms with Crippen LogP contribution in [0.4, 0.5) is 0 Å². The van der Waals surface area contributed by atoms with Crippen LogP contribution >= 0.6 is 0 Å². The van der Waals surface area contributed by atoms with Gasteiger partial charge in [0.15, 0.2) is 9.84 Å². The highest BCUT2D eigenvalue weighted by molar-refractivity contribution is 7.91. The number of hydrogen-bond acceptors (Lipinski definition) is 5. The van der Waals surface area contributed by atoms with Gasteiger partial charge in [0, 0.05) is 32.1 Å². The van der Waals surface area contributed by atoms with E-state index in [0.29, 0.717) is 45.7 Å². The number of sulfone groups is 1. The molecule has 2 aliphatic heterocycles. The van der Waals surface area contributed by atoms with Gasteiger partial charge >= 0.3 is 0 Å². The second-order valence-electron chi connectivity index (χ2n) is 5.28. The molecule has 6 nitrogen and oxygen atoms in total. The standard InChI is InChI=1S/C12H22N2O4S/c1-13(11-3-9-19(16,17)10-11)4-2-12(15)14-5-7-18-8-6-14/h11H,2-10H2,1H3. The first-order valence-corrected chi connectivity index (χ1v) is 8.56. The first kappa shape index (κ1) is 14.7. The average molecular weight is 290 g/mol. The van der Waals surface area contributed by atoms with Crippen LogP contribution in [0.1, 0.15) is 12.8 Å². The molecule has 7 heteroatoms. The molecule has 2 heterocycles. The summed E-state index contributed by atoms with van der Waals surface area (Å²) in [6.45, 7) is 3.18. The van der Waals surface area contributed by atoms with Gasteiger partial charge < -0.3 is 14.5 Å². The lowest BCUT2D eigenvalue weighted by molar-refractivity contribution is -0.135. The van der Waals surface area contributed by atoms with Gasteiger partial charge in [-0.15, -0.1) is 0 Å². The van der Waals surface area contributed by atoms with E-state index in [2.05, 4.69) is 0 Å². The molecule has 2 fully saturated rings. The van der Waals surface area contributed by atoms with Crippen molar-refractivity contribution in [2.75, 3.05) is 51.4 Å². The molecule has 19 heavy (non-hydrogen) atoms. The van der Waals surface area contributed by atoms with Gasteiger partial charge in [0.1, 0.15) is 0 Å². The summed E-state index contributed by atoms with van der Waals surface area (Å²) in [5, 5.41) is 0. The van der Waals surface area contributed by atoms with Gasteiger partial charge in [-0.3, -0.25) is 4.79 Å². The highest BCUT2D eigenvalue weighted by Crippen LogP contribution is 2.16. The number of ether oxygens (including phenoxy) is 1. The Labute approximate surface area is 114 Å². The zero-order chi connectivity index (χ0) is 13.9. The predicted molar refractivity (Wildman–Crippen MR) is 71.7 cm³/mol. The SMILES string of the molecule is CN(CCC(=O)N1CCOCC1)C1CCS(=O)(=O)C1. The van der Waals surface area contributed by atoms with Crippen molar-refractivity contribution < 1.29 is 17.9 Å². The predicted octanol–water partition coefficient (Wildman–Crippen LogP) is -0.646. The Morgan fingerprint density at radius 3 is 2.63 bits per heavy atom. The molecule has 0 bridgehead atoms. The van der Waals surface area contributed by atoms with E-state index >= 15 is 0 Å². The second kappa shape index (κ2) is 6.19. The van der Waals surface area contributed by atoms with Crippen LogP contribution in [0, 0.1) is 0 Å². The van der Waals surface area contributed by atoms with Crippen molar-refractivity contribution in [1.29, 1.82) is 0 Å². The number of rotatable bonds is 4. The van der Waals surface area contributed by atoms with Crippen molar-refractivity contribution in [2.24, 2.45) is 0 Å². The van der Waals surface area contributed by atoms with E-state index in [0.717, 1.165) is 0 Å². The molecule has 0 saturated carbocycles. The normalized spacial score (nSPS) is 26.8. The molecule has 2 saturated heterocycles. The molecule has 2 rings (SSSR count). The molecule has 0 aromatic carbocycles. The van der Waals surface area contributed by atoms with Crippen LogP contribution in [0.2, 0.25) is 0 Å². The third-order valence-electron chi connectivity index (χ3n) is 3.87. The summed E-state index contributed by atoms with van der Waals surface area (Å²) in [5.74, 6) is 0.644. The van der Waals surface area contributed by atoms with Crippen LogP contribution in [0.15, 0.2) is 0 Å². The van der Waals surface area contributed by atoms with Crippen molar-refractivity contribution in [2.45, 2.75) is 18.9 Å². The first-order chi connectivity index (χ1) is 8.98. The number of nitrogens with zero attached hydrogens (tertiary/aromatic N) is 2. The Hall–Kier alpha value is -0.660. The summed E-state index contributed by atoms with van der Waals surface area (Å²) in [5.41, 5.74) is 0. The average Bonchev–Trinajstić information content (AvgIpc) is 2.77. The van der Waals surface area contributed by atoms with Crippen LogP contribution in [0.5, 0.6) is 0 Å². The molecule has 0 N–H and O–H groups in total. The molecular formula is C12H22N2O4S. The summed E-state index contributed by atoms with van der Waals surface area (Å²) in [4.78, 5) is 15.8. The first-order valence-electron chi connectivity index (χ1n) is 6.74. The molecule has 1 unspecified atom stereocenters. The summed E-state index contributed by atoms with van der Waals surface area (Å²) < 4.78 is 28.0. The van der Waals surface area contributed by atoms with Crippen molar-refractivity contribution in [3.05, 3.63) is 0 Å². The van der Waals surface area contributed by atoms with Crippen molar-refractivity contribution in [3.63, 3.8) is 0 Å². The van der Waals surface area contributed by atoms with E-state index < -0.39 is 9.84 Å². The monoisotopic (exact) mass is 290 g/mol. The third kappa shape index (κ3) is 4.15. The smallest absolute Gasteiger partial charge is 0.224 e. The van der Waals surface area contributed by atoms with Gasteiger partial charge in [-0.25, -0.2) is 8.42 Å². The molecule has 0 aliphatic carbocycles. The van der Waals surface area contributed by atoms with Crippen LogP contribution in [-0.4, -0.2) is 81.6 Å². The van der Waals surface area contributed by atoms with Crippen molar-refractivity contribution in [1.82, 2.24) is 9.80 Å². The molecule has 1 amide bonds. The van der Waals surface area contributed by atoms with Crippen LogP contribution in [0.25, 0.3) is 0 Å². The van der Waals surface area contributed by atoms with Gasteiger partial charge in [-0.1, -0.05) is 0 Å². The fraction of sp³-hybridized carbons (Fsp3) is 0.917. The molecule has 2 aliphatic rings. The maximum atomic E-state index is 12.0. The Morgan fingerprint density at radius 1 is 1.37 bits per heavy atom. The maximum absolute atomic E-state index is 12.0. The van der Waals surface area contributed by atoms with Gasteiger partial charge in [0.25, 0.3) is 0 Å². The van der Waals surface area contributed by atoms with Gasteiger partial charge in [0.05, 0.1) is 24.7 Å². The minimum atomic E-state index is -2.85. The van der Waals surface area contributed by atoms with Gasteiger partial charge in [-0.05, 0) is 13.5 Å². The molecule has 0 aromatic heterocycles. The highest BCUT2D eigenvalue weighted by Gasteiger charge is 2.30. The number of morpholine rings is 1. The Bertz CT molecular complexity index is 417. The topological polar surface area (TPSA) is 66.9 Å². The van der Waals surface area contributed by atoms with Crippen LogP contribution < -0.4 is 0 Å². The lowest BCUT2D eigenvalue weighted by Crippen LogP contribution is -2.42. The number of hydrogen-bond donors (Lipinski definition) is 0. The van der Waals surface area contributed by atoms with Gasteiger partial charge in [0.2, 0.25) is 5.91 Å². The van der Waals surface area contributed by atoms with E-state index in [1.165, 1.54) is 0 Å². The van der Waals surface area contributed by atoms with E-state index in [1.807, 2.05) is 16.8 Å². The van der Waals surface area contributed by atoms with E-state index in [-0.39, 0.29) is 23.5 Å².